The van der Waals surface area contributed by atoms with E-state index < -0.39 is 0 Å². The van der Waals surface area contributed by atoms with Crippen molar-refractivity contribution in [2.45, 2.75) is 51.1 Å². The highest BCUT2D eigenvalue weighted by atomic mass is 15.3. The first-order valence-corrected chi connectivity index (χ1v) is 5.37. The third-order valence-corrected chi connectivity index (χ3v) is 2.96. The second-order valence-corrected chi connectivity index (χ2v) is 4.26. The zero-order chi connectivity index (χ0) is 9.26. The van der Waals surface area contributed by atoms with Gasteiger partial charge in [0.1, 0.15) is 0 Å². The summed E-state index contributed by atoms with van der Waals surface area (Å²) in [6, 6.07) is 1.14. The van der Waals surface area contributed by atoms with E-state index in [-0.39, 0.29) is 0 Å². The molecule has 1 atom stereocenters. The van der Waals surface area contributed by atoms with E-state index in [0.717, 1.165) is 12.5 Å². The predicted molar refractivity (Wildman–Crippen MR) is 54.7 cm³/mol. The van der Waals surface area contributed by atoms with Crippen LogP contribution in [-0.4, -0.2) is 29.5 Å². The molecular weight excluding hydrogens is 162 g/mol. The van der Waals surface area contributed by atoms with Gasteiger partial charge in [-0.2, -0.15) is 0 Å². The highest BCUT2D eigenvalue weighted by Gasteiger charge is 2.24. The van der Waals surface area contributed by atoms with Crippen LogP contribution in [0.2, 0.25) is 0 Å². The van der Waals surface area contributed by atoms with Crippen LogP contribution in [0.1, 0.15) is 39.0 Å². The van der Waals surface area contributed by atoms with E-state index in [1.807, 2.05) is 0 Å². The fraction of sp³-hybridized carbons (Fsp3) is 0.900. The lowest BCUT2D eigenvalue weighted by atomic mass is 10.0. The quantitative estimate of drug-likeness (QED) is 0.490. The normalized spacial score (nSPS) is 30.7. The Labute approximate surface area is 80.0 Å². The predicted octanol–water partition coefficient (Wildman–Crippen LogP) is 1.34. The fourth-order valence-corrected chi connectivity index (χ4v) is 1.90. The molecule has 0 amide bonds. The number of hydrogen-bond donors (Lipinski definition) is 1. The minimum Gasteiger partial charge on any atom is -0.370 e. The Bertz CT molecular complexity index is 208. The molecule has 2 fully saturated rings. The average molecular weight is 181 g/mol. The molecular formula is C10H19N3. The topological polar surface area (TPSA) is 41.6 Å². The van der Waals surface area contributed by atoms with Gasteiger partial charge in [-0.05, 0) is 39.0 Å². The van der Waals surface area contributed by atoms with Crippen molar-refractivity contribution in [3.8, 4) is 0 Å². The van der Waals surface area contributed by atoms with Crippen LogP contribution in [0.3, 0.4) is 0 Å². The summed E-state index contributed by atoms with van der Waals surface area (Å²) in [5.41, 5.74) is 5.96. The largest absolute Gasteiger partial charge is 0.370 e. The van der Waals surface area contributed by atoms with Gasteiger partial charge in [-0.25, -0.2) is 4.99 Å². The number of likely N-dealkylation sites (tertiary alicyclic amines) is 1. The van der Waals surface area contributed by atoms with Crippen LogP contribution in [-0.2, 0) is 0 Å². The highest BCUT2D eigenvalue weighted by molar-refractivity contribution is 5.78. The van der Waals surface area contributed by atoms with Crippen molar-refractivity contribution in [1.82, 2.24) is 4.90 Å². The van der Waals surface area contributed by atoms with E-state index in [2.05, 4.69) is 16.8 Å². The Morgan fingerprint density at radius 2 is 2.08 bits per heavy atom. The van der Waals surface area contributed by atoms with Crippen molar-refractivity contribution < 1.29 is 0 Å². The second kappa shape index (κ2) is 3.56. The van der Waals surface area contributed by atoms with Crippen LogP contribution in [0.5, 0.6) is 0 Å². The molecule has 2 rings (SSSR count). The first-order valence-electron chi connectivity index (χ1n) is 5.37. The first kappa shape index (κ1) is 8.85. The van der Waals surface area contributed by atoms with E-state index in [1.165, 1.54) is 32.1 Å². The van der Waals surface area contributed by atoms with E-state index in [4.69, 9.17) is 5.73 Å². The number of aliphatic imine (C=N–C) groups is 1. The van der Waals surface area contributed by atoms with Crippen molar-refractivity contribution in [1.29, 1.82) is 0 Å². The lowest BCUT2D eigenvalue weighted by Crippen LogP contribution is -2.46. The van der Waals surface area contributed by atoms with Crippen molar-refractivity contribution in [2.24, 2.45) is 10.7 Å². The van der Waals surface area contributed by atoms with Crippen molar-refractivity contribution in [3.63, 3.8) is 0 Å². The van der Waals surface area contributed by atoms with E-state index in [0.29, 0.717) is 12.1 Å². The SMILES string of the molecule is CC1CCCCN1C(N)=NC1CC1. The van der Waals surface area contributed by atoms with Gasteiger partial charge < -0.3 is 10.6 Å². The molecule has 0 aromatic rings. The fourth-order valence-electron chi connectivity index (χ4n) is 1.90. The van der Waals surface area contributed by atoms with Crippen LogP contribution in [0.25, 0.3) is 0 Å². The van der Waals surface area contributed by atoms with Crippen LogP contribution >= 0.6 is 0 Å². The lowest BCUT2D eigenvalue weighted by Gasteiger charge is -2.34. The number of hydrogen-bond acceptors (Lipinski definition) is 1. The van der Waals surface area contributed by atoms with Crippen LogP contribution in [0.15, 0.2) is 4.99 Å². The smallest absolute Gasteiger partial charge is 0.191 e. The molecule has 1 aliphatic carbocycles. The minimum absolute atomic E-state index is 0.550. The van der Waals surface area contributed by atoms with Gasteiger partial charge in [-0.15, -0.1) is 0 Å². The van der Waals surface area contributed by atoms with Crippen molar-refractivity contribution >= 4 is 5.96 Å². The standard InChI is InChI=1S/C10H19N3/c1-8-4-2-3-7-13(8)10(11)12-9-5-6-9/h8-9H,2-7H2,1H3,(H2,11,12). The summed E-state index contributed by atoms with van der Waals surface area (Å²) >= 11 is 0. The summed E-state index contributed by atoms with van der Waals surface area (Å²) in [6.45, 7) is 3.34. The zero-order valence-corrected chi connectivity index (χ0v) is 8.37. The molecule has 1 aliphatic heterocycles. The average Bonchev–Trinajstić information content (AvgIpc) is 2.89. The zero-order valence-electron chi connectivity index (χ0n) is 8.37. The number of rotatable bonds is 1. The van der Waals surface area contributed by atoms with Gasteiger partial charge in [0.15, 0.2) is 5.96 Å². The summed E-state index contributed by atoms with van der Waals surface area (Å²) in [6.07, 6.45) is 6.35. The molecule has 0 aromatic carbocycles. The van der Waals surface area contributed by atoms with Crippen LogP contribution in [0, 0.1) is 0 Å². The summed E-state index contributed by atoms with van der Waals surface area (Å²) in [4.78, 5) is 6.75. The van der Waals surface area contributed by atoms with Crippen LogP contribution in [0.4, 0.5) is 0 Å². The third kappa shape index (κ3) is 2.14. The molecule has 1 saturated carbocycles. The summed E-state index contributed by atoms with van der Waals surface area (Å²) in [7, 11) is 0. The Morgan fingerprint density at radius 1 is 1.31 bits per heavy atom. The monoisotopic (exact) mass is 181 g/mol. The lowest BCUT2D eigenvalue weighted by molar-refractivity contribution is 0.255. The molecule has 0 bridgehead atoms. The second-order valence-electron chi connectivity index (χ2n) is 4.26. The van der Waals surface area contributed by atoms with Crippen molar-refractivity contribution in [2.75, 3.05) is 6.54 Å². The Morgan fingerprint density at radius 3 is 2.69 bits per heavy atom. The van der Waals surface area contributed by atoms with Crippen molar-refractivity contribution in [3.05, 3.63) is 0 Å². The van der Waals surface area contributed by atoms with E-state index in [1.54, 1.807) is 0 Å². The number of piperidine rings is 1. The molecule has 74 valence electrons. The molecule has 3 nitrogen and oxygen atoms in total. The maximum absolute atomic E-state index is 5.96. The molecule has 1 unspecified atom stereocenters. The van der Waals surface area contributed by atoms with Gasteiger partial charge >= 0.3 is 0 Å². The number of guanidine groups is 1. The Hall–Kier alpha value is -0.730. The van der Waals surface area contributed by atoms with Gasteiger partial charge in [0.25, 0.3) is 0 Å². The Balaban J connectivity index is 1.96. The molecule has 2 N–H and O–H groups in total. The summed E-state index contributed by atoms with van der Waals surface area (Å²) < 4.78 is 0. The van der Waals surface area contributed by atoms with Gasteiger partial charge in [0, 0.05) is 12.6 Å². The number of nitrogens with zero attached hydrogens (tertiary/aromatic N) is 2. The van der Waals surface area contributed by atoms with Gasteiger partial charge in [-0.3, -0.25) is 0 Å². The van der Waals surface area contributed by atoms with Crippen LogP contribution < -0.4 is 5.73 Å². The van der Waals surface area contributed by atoms with E-state index >= 15 is 0 Å². The minimum atomic E-state index is 0.550. The molecule has 0 spiro atoms. The molecule has 1 saturated heterocycles. The van der Waals surface area contributed by atoms with Gasteiger partial charge in [0.05, 0.1) is 6.04 Å². The molecule has 2 aliphatic rings. The first-order chi connectivity index (χ1) is 6.27. The maximum atomic E-state index is 5.96. The van der Waals surface area contributed by atoms with Gasteiger partial charge in [0.2, 0.25) is 0 Å². The van der Waals surface area contributed by atoms with Gasteiger partial charge in [-0.1, -0.05) is 0 Å². The maximum Gasteiger partial charge on any atom is 0.191 e. The third-order valence-electron chi connectivity index (χ3n) is 2.96. The summed E-state index contributed by atoms with van der Waals surface area (Å²) in [5.74, 6) is 0.787. The summed E-state index contributed by atoms with van der Waals surface area (Å²) in [5, 5.41) is 0. The molecule has 0 aromatic heterocycles. The molecule has 1 heterocycles. The highest BCUT2D eigenvalue weighted by Crippen LogP contribution is 2.24. The molecule has 13 heavy (non-hydrogen) atoms. The van der Waals surface area contributed by atoms with E-state index in [9.17, 15) is 0 Å². The molecule has 0 radical (unpaired) electrons. The molecule has 3 heteroatoms. The Kier molecular flexibility index (Phi) is 2.42. The number of nitrogens with two attached hydrogens (primary N) is 1.